The van der Waals surface area contributed by atoms with E-state index in [4.69, 9.17) is 0 Å². The number of nitro benzene ring substituents is 1. The van der Waals surface area contributed by atoms with Gasteiger partial charge in [0.05, 0.1) is 11.5 Å². The molecule has 0 saturated carbocycles. The van der Waals surface area contributed by atoms with Gasteiger partial charge in [-0.15, -0.1) is 11.3 Å². The minimum atomic E-state index is -0.511. The molecule has 116 valence electrons. The van der Waals surface area contributed by atoms with Crippen LogP contribution in [0.4, 0.5) is 11.4 Å². The average molecular weight is 384 g/mol. The lowest BCUT2D eigenvalue weighted by atomic mass is 10.2. The normalized spacial score (nSPS) is 10.7. The quantitative estimate of drug-likeness (QED) is 0.611. The van der Waals surface area contributed by atoms with Gasteiger partial charge in [-0.05, 0) is 35.1 Å². The van der Waals surface area contributed by atoms with Crippen LogP contribution in [-0.4, -0.2) is 29.3 Å². The van der Waals surface area contributed by atoms with Gasteiger partial charge in [0.2, 0.25) is 5.91 Å². The number of anilines is 1. The first-order chi connectivity index (χ1) is 10.5. The molecule has 2 aromatic rings. The van der Waals surface area contributed by atoms with Crippen molar-refractivity contribution in [3.8, 4) is 0 Å². The molecule has 6 nitrogen and oxygen atoms in total. The maximum absolute atomic E-state index is 12.0. The Labute approximate surface area is 140 Å². The lowest BCUT2D eigenvalue weighted by molar-refractivity contribution is -0.383. The van der Waals surface area contributed by atoms with Gasteiger partial charge in [-0.3, -0.25) is 19.8 Å². The van der Waals surface area contributed by atoms with Crippen molar-refractivity contribution in [2.45, 2.75) is 6.54 Å². The molecule has 2 rings (SSSR count). The van der Waals surface area contributed by atoms with E-state index < -0.39 is 4.92 Å². The second-order valence-corrected chi connectivity index (χ2v) is 6.64. The third-order valence-corrected chi connectivity index (χ3v) is 4.52. The summed E-state index contributed by atoms with van der Waals surface area (Å²) in [5.41, 5.74) is 0.102. The first-order valence-electron chi connectivity index (χ1n) is 6.40. The van der Waals surface area contributed by atoms with Crippen molar-refractivity contribution in [1.82, 2.24) is 4.90 Å². The van der Waals surface area contributed by atoms with Crippen LogP contribution < -0.4 is 5.32 Å². The van der Waals surface area contributed by atoms with E-state index in [0.717, 1.165) is 9.35 Å². The Morgan fingerprint density at radius 2 is 2.18 bits per heavy atom. The molecular formula is C14H14BrN3O3S. The summed E-state index contributed by atoms with van der Waals surface area (Å²) < 4.78 is 1.02. The third-order valence-electron chi connectivity index (χ3n) is 2.84. The number of halogens is 1. The highest BCUT2D eigenvalue weighted by molar-refractivity contribution is 9.10. The molecule has 1 aromatic carbocycles. The number of para-hydroxylation sites is 2. The summed E-state index contributed by atoms with van der Waals surface area (Å²) in [6, 6.07) is 8.10. The largest absolute Gasteiger partial charge is 0.319 e. The van der Waals surface area contributed by atoms with Crippen LogP contribution in [0.3, 0.4) is 0 Å². The van der Waals surface area contributed by atoms with Crippen LogP contribution in [0, 0.1) is 10.1 Å². The van der Waals surface area contributed by atoms with E-state index in [0.29, 0.717) is 6.54 Å². The summed E-state index contributed by atoms with van der Waals surface area (Å²) in [7, 11) is 1.83. The zero-order chi connectivity index (χ0) is 16.1. The lowest BCUT2D eigenvalue weighted by Gasteiger charge is -2.15. The Bertz CT molecular complexity index is 689. The Morgan fingerprint density at radius 3 is 2.82 bits per heavy atom. The number of hydrogen-bond acceptors (Lipinski definition) is 5. The van der Waals surface area contributed by atoms with E-state index in [-0.39, 0.29) is 23.8 Å². The van der Waals surface area contributed by atoms with Crippen LogP contribution in [-0.2, 0) is 11.3 Å². The lowest BCUT2D eigenvalue weighted by Crippen LogP contribution is -2.29. The number of benzene rings is 1. The number of thiophene rings is 1. The zero-order valence-corrected chi connectivity index (χ0v) is 14.2. The average Bonchev–Trinajstić information content (AvgIpc) is 2.83. The first kappa shape index (κ1) is 16.6. The smallest absolute Gasteiger partial charge is 0.292 e. The van der Waals surface area contributed by atoms with Gasteiger partial charge in [-0.25, -0.2) is 0 Å². The van der Waals surface area contributed by atoms with E-state index >= 15 is 0 Å². The minimum Gasteiger partial charge on any atom is -0.319 e. The van der Waals surface area contributed by atoms with Gasteiger partial charge in [-0.2, -0.15) is 0 Å². The van der Waals surface area contributed by atoms with Gasteiger partial charge < -0.3 is 5.32 Å². The first-order valence-corrected chi connectivity index (χ1v) is 8.07. The van der Waals surface area contributed by atoms with E-state index in [2.05, 4.69) is 21.2 Å². The highest BCUT2D eigenvalue weighted by Gasteiger charge is 2.15. The molecule has 0 saturated heterocycles. The number of nitro groups is 1. The van der Waals surface area contributed by atoms with Crippen molar-refractivity contribution in [3.63, 3.8) is 0 Å². The van der Waals surface area contributed by atoms with Crippen molar-refractivity contribution in [3.05, 3.63) is 55.2 Å². The van der Waals surface area contributed by atoms with Gasteiger partial charge in [0.15, 0.2) is 0 Å². The monoisotopic (exact) mass is 383 g/mol. The Kier molecular flexibility index (Phi) is 5.64. The van der Waals surface area contributed by atoms with E-state index in [1.54, 1.807) is 23.5 Å². The molecule has 0 spiro atoms. The summed E-state index contributed by atoms with van der Waals surface area (Å²) in [6.07, 6.45) is 0. The molecular weight excluding hydrogens is 370 g/mol. The number of carbonyl (C=O) groups excluding carboxylic acids is 1. The topological polar surface area (TPSA) is 75.5 Å². The van der Waals surface area contributed by atoms with Crippen LogP contribution in [0.2, 0.25) is 0 Å². The summed E-state index contributed by atoms with van der Waals surface area (Å²) in [4.78, 5) is 25.4. The van der Waals surface area contributed by atoms with Gasteiger partial charge in [-0.1, -0.05) is 12.1 Å². The SMILES string of the molecule is CN(CC(=O)Nc1ccccc1[N+](=O)[O-])Cc1cc(Br)cs1. The van der Waals surface area contributed by atoms with Gasteiger partial charge in [0.25, 0.3) is 5.69 Å². The second-order valence-electron chi connectivity index (χ2n) is 4.73. The highest BCUT2D eigenvalue weighted by Crippen LogP contribution is 2.23. The molecule has 1 aromatic heterocycles. The van der Waals surface area contributed by atoms with Crippen molar-refractivity contribution in [2.24, 2.45) is 0 Å². The molecule has 0 atom stereocenters. The zero-order valence-electron chi connectivity index (χ0n) is 11.8. The molecule has 1 N–H and O–H groups in total. The van der Waals surface area contributed by atoms with Crippen molar-refractivity contribution >= 4 is 44.5 Å². The minimum absolute atomic E-state index is 0.110. The van der Waals surface area contributed by atoms with Crippen LogP contribution in [0.5, 0.6) is 0 Å². The number of nitrogens with zero attached hydrogens (tertiary/aromatic N) is 2. The van der Waals surface area contributed by atoms with Gasteiger partial charge in [0.1, 0.15) is 5.69 Å². The van der Waals surface area contributed by atoms with Crippen molar-refractivity contribution in [1.29, 1.82) is 0 Å². The fraction of sp³-hybridized carbons (Fsp3) is 0.214. The predicted molar refractivity (Wildman–Crippen MR) is 90.1 cm³/mol. The molecule has 8 heteroatoms. The summed E-state index contributed by atoms with van der Waals surface area (Å²) >= 11 is 4.99. The van der Waals surface area contributed by atoms with Crippen LogP contribution >= 0.6 is 27.3 Å². The Hall–Kier alpha value is -1.77. The maximum atomic E-state index is 12.0. The molecule has 1 heterocycles. The molecule has 22 heavy (non-hydrogen) atoms. The number of hydrogen-bond donors (Lipinski definition) is 1. The number of carbonyl (C=O) groups is 1. The van der Waals surface area contributed by atoms with Gasteiger partial charge in [0, 0.05) is 27.3 Å². The number of amides is 1. The van der Waals surface area contributed by atoms with E-state index in [9.17, 15) is 14.9 Å². The molecule has 0 bridgehead atoms. The molecule has 1 amide bonds. The molecule has 0 aliphatic carbocycles. The van der Waals surface area contributed by atoms with Crippen LogP contribution in [0.25, 0.3) is 0 Å². The summed E-state index contributed by atoms with van der Waals surface area (Å²) in [6.45, 7) is 0.794. The fourth-order valence-corrected chi connectivity index (χ4v) is 3.46. The van der Waals surface area contributed by atoms with Crippen molar-refractivity contribution < 1.29 is 9.72 Å². The molecule has 0 aliphatic rings. The predicted octanol–water partition coefficient (Wildman–Crippen LogP) is 3.49. The summed E-state index contributed by atoms with van der Waals surface area (Å²) in [5, 5.41) is 15.5. The highest BCUT2D eigenvalue weighted by atomic mass is 79.9. The number of likely N-dealkylation sites (N-methyl/N-ethyl adjacent to an activating group) is 1. The maximum Gasteiger partial charge on any atom is 0.292 e. The van der Waals surface area contributed by atoms with Crippen LogP contribution in [0.1, 0.15) is 4.88 Å². The number of nitrogens with one attached hydrogen (secondary N) is 1. The van der Waals surface area contributed by atoms with Crippen molar-refractivity contribution in [2.75, 3.05) is 18.9 Å². The van der Waals surface area contributed by atoms with E-state index in [1.807, 2.05) is 23.4 Å². The molecule has 0 aliphatic heterocycles. The van der Waals surface area contributed by atoms with E-state index in [1.165, 1.54) is 12.1 Å². The fourth-order valence-electron chi connectivity index (χ4n) is 1.93. The molecule has 0 radical (unpaired) electrons. The Morgan fingerprint density at radius 1 is 1.45 bits per heavy atom. The second kappa shape index (κ2) is 7.48. The standard InChI is InChI=1S/C14H14BrN3O3S/c1-17(7-11-6-10(15)9-22-11)8-14(19)16-12-4-2-3-5-13(12)18(20)21/h2-6,9H,7-8H2,1H3,(H,16,19). The Balaban J connectivity index is 1.94. The molecule has 0 unspecified atom stereocenters. The van der Waals surface area contributed by atoms with Crippen LogP contribution in [0.15, 0.2) is 40.2 Å². The molecule has 0 fully saturated rings. The number of rotatable bonds is 6. The van der Waals surface area contributed by atoms with Gasteiger partial charge >= 0.3 is 0 Å². The third kappa shape index (κ3) is 4.62. The summed E-state index contributed by atoms with van der Waals surface area (Å²) in [5.74, 6) is -0.285.